The van der Waals surface area contributed by atoms with Crippen molar-refractivity contribution in [1.29, 1.82) is 0 Å². The Kier molecular flexibility index (Phi) is 5.59. The van der Waals surface area contributed by atoms with Gasteiger partial charge >= 0.3 is 0 Å². The lowest BCUT2D eigenvalue weighted by Crippen LogP contribution is -2.36. The molecular formula is C23H22N4O4S. The van der Waals surface area contributed by atoms with E-state index in [0.29, 0.717) is 28.7 Å². The van der Waals surface area contributed by atoms with E-state index in [4.69, 9.17) is 21.4 Å². The van der Waals surface area contributed by atoms with Crippen LogP contribution in [0.5, 0.6) is 0 Å². The number of nitro benzene ring substituents is 1. The molecule has 3 aromatic rings. The average Bonchev–Trinajstić information content (AvgIpc) is 3.56. The fourth-order valence-corrected chi connectivity index (χ4v) is 4.73. The van der Waals surface area contributed by atoms with Gasteiger partial charge in [-0.2, -0.15) is 0 Å². The molecule has 2 aliphatic heterocycles. The summed E-state index contributed by atoms with van der Waals surface area (Å²) in [5.41, 5.74) is 1.29. The van der Waals surface area contributed by atoms with Crippen LogP contribution in [0.2, 0.25) is 0 Å². The van der Waals surface area contributed by atoms with E-state index in [1.54, 1.807) is 30.5 Å². The Hall–Kier alpha value is -3.30. The molecule has 4 heterocycles. The predicted octanol–water partition coefficient (Wildman–Crippen LogP) is 4.40. The van der Waals surface area contributed by atoms with Gasteiger partial charge in [0.15, 0.2) is 5.11 Å². The molecule has 9 heteroatoms. The van der Waals surface area contributed by atoms with Crippen LogP contribution in [0, 0.1) is 10.1 Å². The fraction of sp³-hybridized carbons (Fsp3) is 0.304. The molecule has 1 aromatic carbocycles. The fourth-order valence-electron chi connectivity index (χ4n) is 4.42. The molecule has 5 rings (SSSR count). The van der Waals surface area contributed by atoms with Gasteiger partial charge in [-0.3, -0.25) is 15.1 Å². The molecule has 2 fully saturated rings. The van der Waals surface area contributed by atoms with E-state index in [-0.39, 0.29) is 23.9 Å². The normalized spacial score (nSPS) is 22.8. The third-order valence-electron chi connectivity index (χ3n) is 5.91. The number of rotatable bonds is 6. The Bertz CT molecular complexity index is 1130. The van der Waals surface area contributed by atoms with Crippen molar-refractivity contribution in [1.82, 2.24) is 15.2 Å². The van der Waals surface area contributed by atoms with Gasteiger partial charge in [0.05, 0.1) is 28.3 Å². The van der Waals surface area contributed by atoms with Gasteiger partial charge in [-0.1, -0.05) is 18.2 Å². The number of benzene rings is 1. The van der Waals surface area contributed by atoms with Gasteiger partial charge in [0.25, 0.3) is 5.69 Å². The Balaban J connectivity index is 1.53. The third kappa shape index (κ3) is 3.85. The van der Waals surface area contributed by atoms with E-state index in [0.717, 1.165) is 25.1 Å². The Morgan fingerprint density at radius 3 is 2.78 bits per heavy atom. The van der Waals surface area contributed by atoms with Crippen LogP contribution in [0.4, 0.5) is 5.69 Å². The first-order chi connectivity index (χ1) is 15.6. The molecule has 0 amide bonds. The second kappa shape index (κ2) is 8.68. The van der Waals surface area contributed by atoms with Crippen molar-refractivity contribution in [2.24, 2.45) is 0 Å². The average molecular weight is 451 g/mol. The van der Waals surface area contributed by atoms with Crippen molar-refractivity contribution in [3.05, 3.63) is 82.4 Å². The molecule has 1 N–H and O–H groups in total. The Labute approximate surface area is 190 Å². The zero-order valence-electron chi connectivity index (χ0n) is 17.2. The topological polar surface area (TPSA) is 93.7 Å². The maximum atomic E-state index is 11.5. The predicted molar refractivity (Wildman–Crippen MR) is 122 cm³/mol. The van der Waals surface area contributed by atoms with Gasteiger partial charge < -0.3 is 19.4 Å². The number of para-hydroxylation sites is 1. The maximum Gasteiger partial charge on any atom is 0.280 e. The summed E-state index contributed by atoms with van der Waals surface area (Å²) < 4.78 is 12.1. The number of nitrogens with one attached hydrogen (secondary N) is 1. The van der Waals surface area contributed by atoms with Gasteiger partial charge in [-0.15, -0.1) is 0 Å². The van der Waals surface area contributed by atoms with Crippen molar-refractivity contribution in [3.8, 4) is 11.3 Å². The molecule has 3 atom stereocenters. The highest BCUT2D eigenvalue weighted by Gasteiger charge is 2.43. The summed E-state index contributed by atoms with van der Waals surface area (Å²) >= 11 is 5.68. The summed E-state index contributed by atoms with van der Waals surface area (Å²) in [4.78, 5) is 17.7. The minimum Gasteiger partial charge on any atom is -0.459 e. The van der Waals surface area contributed by atoms with E-state index in [1.165, 1.54) is 6.07 Å². The molecule has 2 saturated heterocycles. The third-order valence-corrected chi connectivity index (χ3v) is 6.26. The van der Waals surface area contributed by atoms with Crippen LogP contribution in [-0.4, -0.2) is 39.2 Å². The van der Waals surface area contributed by atoms with Gasteiger partial charge in [-0.25, -0.2) is 0 Å². The monoisotopic (exact) mass is 450 g/mol. The SMILES string of the molecule is O=[N+]([O-])c1ccccc1-c1ccc(C2C(c3ccccn3)NC(=S)N2CC2CCCO2)o1. The van der Waals surface area contributed by atoms with Gasteiger partial charge in [0.1, 0.15) is 17.6 Å². The highest BCUT2D eigenvalue weighted by atomic mass is 32.1. The number of furan rings is 1. The summed E-state index contributed by atoms with van der Waals surface area (Å²) in [7, 11) is 0. The van der Waals surface area contributed by atoms with Crippen LogP contribution >= 0.6 is 12.2 Å². The van der Waals surface area contributed by atoms with Crippen LogP contribution in [0.1, 0.15) is 36.4 Å². The molecule has 0 aliphatic carbocycles. The van der Waals surface area contributed by atoms with E-state index in [9.17, 15) is 10.1 Å². The van der Waals surface area contributed by atoms with Crippen LogP contribution in [0.15, 0.2) is 65.2 Å². The molecule has 8 nitrogen and oxygen atoms in total. The van der Waals surface area contributed by atoms with Crippen molar-refractivity contribution in [2.75, 3.05) is 13.2 Å². The van der Waals surface area contributed by atoms with Crippen molar-refractivity contribution in [2.45, 2.75) is 31.0 Å². The maximum absolute atomic E-state index is 11.5. The largest absolute Gasteiger partial charge is 0.459 e. The lowest BCUT2D eigenvalue weighted by Gasteiger charge is -2.28. The smallest absolute Gasteiger partial charge is 0.280 e. The molecule has 164 valence electrons. The highest BCUT2D eigenvalue weighted by molar-refractivity contribution is 7.80. The number of hydrogen-bond donors (Lipinski definition) is 1. The minimum atomic E-state index is -0.399. The molecule has 0 bridgehead atoms. The molecular weight excluding hydrogens is 428 g/mol. The lowest BCUT2D eigenvalue weighted by atomic mass is 10.0. The van der Waals surface area contributed by atoms with Crippen LogP contribution in [0.3, 0.4) is 0 Å². The first-order valence-electron chi connectivity index (χ1n) is 10.5. The first-order valence-corrected chi connectivity index (χ1v) is 11.0. The lowest BCUT2D eigenvalue weighted by molar-refractivity contribution is -0.384. The van der Waals surface area contributed by atoms with E-state index in [1.807, 2.05) is 24.3 Å². The molecule has 3 unspecified atom stereocenters. The van der Waals surface area contributed by atoms with Crippen molar-refractivity contribution >= 4 is 23.0 Å². The van der Waals surface area contributed by atoms with Crippen LogP contribution in [-0.2, 0) is 4.74 Å². The summed E-state index contributed by atoms with van der Waals surface area (Å²) in [6, 6.07) is 15.5. The quantitative estimate of drug-likeness (QED) is 0.336. The van der Waals surface area contributed by atoms with E-state index in [2.05, 4.69) is 15.2 Å². The number of ether oxygens (including phenoxy) is 1. The van der Waals surface area contributed by atoms with Crippen LogP contribution < -0.4 is 5.32 Å². The zero-order chi connectivity index (χ0) is 22.1. The number of aromatic nitrogens is 1. The highest BCUT2D eigenvalue weighted by Crippen LogP contribution is 2.42. The van der Waals surface area contributed by atoms with E-state index >= 15 is 0 Å². The number of thiocarbonyl (C=S) groups is 1. The second-order valence-electron chi connectivity index (χ2n) is 7.89. The molecule has 32 heavy (non-hydrogen) atoms. The number of nitrogens with zero attached hydrogens (tertiary/aromatic N) is 3. The van der Waals surface area contributed by atoms with E-state index < -0.39 is 4.92 Å². The minimum absolute atomic E-state index is 0.00551. The Morgan fingerprint density at radius 1 is 1.19 bits per heavy atom. The Morgan fingerprint density at radius 2 is 2.03 bits per heavy atom. The zero-order valence-corrected chi connectivity index (χ0v) is 18.0. The van der Waals surface area contributed by atoms with Crippen molar-refractivity contribution in [3.63, 3.8) is 0 Å². The molecule has 0 spiro atoms. The summed E-state index contributed by atoms with van der Waals surface area (Å²) in [5.74, 6) is 1.11. The van der Waals surface area contributed by atoms with Crippen LogP contribution in [0.25, 0.3) is 11.3 Å². The number of hydrogen-bond acceptors (Lipinski definition) is 6. The van der Waals surface area contributed by atoms with Crippen molar-refractivity contribution < 1.29 is 14.1 Å². The number of pyridine rings is 1. The molecule has 2 aromatic heterocycles. The summed E-state index contributed by atoms with van der Waals surface area (Å²) in [6.07, 6.45) is 3.88. The molecule has 0 radical (unpaired) electrons. The van der Waals surface area contributed by atoms with Gasteiger partial charge in [-0.05, 0) is 55.4 Å². The standard InChI is InChI=1S/C23H22N4O4S/c28-27(29)18-9-2-1-7-16(18)19-10-11-20(31-19)22-21(17-8-3-4-12-24-17)25-23(32)26(22)14-15-6-5-13-30-15/h1-4,7-12,15,21-22H,5-6,13-14H2,(H,25,32). The second-order valence-corrected chi connectivity index (χ2v) is 8.28. The van der Waals surface area contributed by atoms with Gasteiger partial charge in [0, 0.05) is 25.4 Å². The summed E-state index contributed by atoms with van der Waals surface area (Å²) in [6.45, 7) is 1.40. The summed E-state index contributed by atoms with van der Waals surface area (Å²) in [5, 5.41) is 15.5. The first kappa shape index (κ1) is 20.6. The molecule has 0 saturated carbocycles. The number of nitro groups is 1. The van der Waals surface area contributed by atoms with Gasteiger partial charge in [0.2, 0.25) is 0 Å². The molecule has 2 aliphatic rings.